The number of rotatable bonds is 8. The normalized spacial score (nSPS) is 14.3. The number of nitrogens with one attached hydrogen (secondary N) is 2. The molecule has 0 aromatic carbocycles. The first kappa shape index (κ1) is 15.6. The molecule has 3 N–H and O–H groups in total. The van der Waals surface area contributed by atoms with E-state index in [2.05, 4.69) is 10.5 Å². The van der Waals surface area contributed by atoms with Gasteiger partial charge in [-0.15, -0.1) is 0 Å². The highest BCUT2D eigenvalue weighted by molar-refractivity contribution is 5.87. The number of hydroxylamine groups is 1. The number of carbonyl (C=O) groups excluding carboxylic acids is 2. The van der Waals surface area contributed by atoms with Crippen LogP contribution in [0.25, 0.3) is 0 Å². The molecule has 19 heavy (non-hydrogen) atoms. The van der Waals surface area contributed by atoms with Gasteiger partial charge in [-0.3, -0.25) is 14.8 Å². The zero-order chi connectivity index (χ0) is 13.9. The summed E-state index contributed by atoms with van der Waals surface area (Å²) >= 11 is 0. The molecule has 1 saturated carbocycles. The van der Waals surface area contributed by atoms with Crippen molar-refractivity contribution in [2.75, 3.05) is 0 Å². The molecule has 6 heteroatoms. The van der Waals surface area contributed by atoms with E-state index in [-0.39, 0.29) is 11.8 Å². The van der Waals surface area contributed by atoms with Crippen LogP contribution in [-0.4, -0.2) is 22.7 Å². The highest BCUT2D eigenvalue weighted by atomic mass is 16.5. The summed E-state index contributed by atoms with van der Waals surface area (Å²) in [6.45, 7) is 0. The van der Waals surface area contributed by atoms with Gasteiger partial charge in [0.15, 0.2) is 0 Å². The van der Waals surface area contributed by atoms with E-state index in [1.807, 2.05) is 0 Å². The van der Waals surface area contributed by atoms with Gasteiger partial charge in [-0.05, 0) is 38.5 Å². The molecule has 0 atom stereocenters. The zero-order valence-corrected chi connectivity index (χ0v) is 11.3. The van der Waals surface area contributed by atoms with Gasteiger partial charge in [0.25, 0.3) is 0 Å². The Labute approximate surface area is 113 Å². The second kappa shape index (κ2) is 9.49. The van der Waals surface area contributed by atoms with Gasteiger partial charge in [0, 0.05) is 18.6 Å². The Hall–Kier alpha value is -1.43. The van der Waals surface area contributed by atoms with Gasteiger partial charge >= 0.3 is 0 Å². The molecule has 0 unspecified atom stereocenters. The molecule has 108 valence electrons. The fourth-order valence-electron chi connectivity index (χ4n) is 2.07. The maximum absolute atomic E-state index is 11.5. The minimum atomic E-state index is -0.356. The van der Waals surface area contributed by atoms with Crippen molar-refractivity contribution in [3.8, 4) is 0 Å². The van der Waals surface area contributed by atoms with Crippen LogP contribution in [0.1, 0.15) is 64.2 Å². The summed E-state index contributed by atoms with van der Waals surface area (Å²) in [5.41, 5.74) is 5.29. The molecule has 0 aromatic heterocycles. The minimum absolute atomic E-state index is 0.0347. The van der Waals surface area contributed by atoms with Gasteiger partial charge in [-0.2, -0.15) is 5.10 Å². The predicted octanol–water partition coefficient (Wildman–Crippen LogP) is 1.88. The van der Waals surface area contributed by atoms with Crippen LogP contribution in [0.15, 0.2) is 5.10 Å². The summed E-state index contributed by atoms with van der Waals surface area (Å²) in [7, 11) is 0. The Balaban J connectivity index is 1.95. The Morgan fingerprint density at radius 1 is 1.00 bits per heavy atom. The van der Waals surface area contributed by atoms with Crippen molar-refractivity contribution in [1.82, 2.24) is 10.9 Å². The standard InChI is InChI=1S/C13H23N3O3/c17-12(15-14-11-7-5-6-8-11)9-3-1-2-4-10-13(18)16-19/h19H,1-10H2,(H,15,17)(H,16,18). The van der Waals surface area contributed by atoms with Crippen molar-refractivity contribution in [2.45, 2.75) is 64.2 Å². The van der Waals surface area contributed by atoms with E-state index in [9.17, 15) is 9.59 Å². The van der Waals surface area contributed by atoms with E-state index in [1.54, 1.807) is 5.48 Å². The molecular formula is C13H23N3O3. The van der Waals surface area contributed by atoms with E-state index < -0.39 is 0 Å². The second-order valence-corrected chi connectivity index (χ2v) is 4.87. The zero-order valence-electron chi connectivity index (χ0n) is 11.3. The minimum Gasteiger partial charge on any atom is -0.289 e. The quantitative estimate of drug-likeness (QED) is 0.357. The molecule has 1 aliphatic rings. The smallest absolute Gasteiger partial charge is 0.243 e. The molecule has 1 fully saturated rings. The number of amides is 2. The molecule has 0 spiro atoms. The maximum Gasteiger partial charge on any atom is 0.243 e. The summed E-state index contributed by atoms with van der Waals surface area (Å²) in [5, 5.41) is 12.4. The summed E-state index contributed by atoms with van der Waals surface area (Å²) in [6, 6.07) is 0. The summed E-state index contributed by atoms with van der Waals surface area (Å²) in [6.07, 6.45) is 8.50. The summed E-state index contributed by atoms with van der Waals surface area (Å²) in [4.78, 5) is 22.2. The molecule has 0 saturated heterocycles. The van der Waals surface area contributed by atoms with Crippen LogP contribution in [-0.2, 0) is 9.59 Å². The highest BCUT2D eigenvalue weighted by Gasteiger charge is 2.08. The third kappa shape index (κ3) is 7.56. The van der Waals surface area contributed by atoms with Gasteiger partial charge < -0.3 is 0 Å². The molecule has 6 nitrogen and oxygen atoms in total. The van der Waals surface area contributed by atoms with Crippen molar-refractivity contribution < 1.29 is 14.8 Å². The highest BCUT2D eigenvalue weighted by Crippen LogP contribution is 2.13. The van der Waals surface area contributed by atoms with Crippen LogP contribution in [0.2, 0.25) is 0 Å². The lowest BCUT2D eigenvalue weighted by Crippen LogP contribution is -2.18. The molecule has 0 aliphatic heterocycles. The first-order valence-electron chi connectivity index (χ1n) is 6.99. The van der Waals surface area contributed by atoms with Crippen molar-refractivity contribution >= 4 is 17.5 Å². The Bertz CT molecular complexity index is 321. The van der Waals surface area contributed by atoms with Crippen molar-refractivity contribution in [1.29, 1.82) is 0 Å². The van der Waals surface area contributed by atoms with E-state index in [4.69, 9.17) is 5.21 Å². The fourth-order valence-corrected chi connectivity index (χ4v) is 2.07. The number of hydrazone groups is 1. The van der Waals surface area contributed by atoms with Crippen LogP contribution in [0.5, 0.6) is 0 Å². The largest absolute Gasteiger partial charge is 0.289 e. The lowest BCUT2D eigenvalue weighted by molar-refractivity contribution is -0.129. The van der Waals surface area contributed by atoms with E-state index >= 15 is 0 Å². The molecule has 0 heterocycles. The SMILES string of the molecule is O=C(CCCCCCC(=O)NN=C1CCCC1)NO. The van der Waals surface area contributed by atoms with Gasteiger partial charge in [0.2, 0.25) is 11.8 Å². The maximum atomic E-state index is 11.5. The molecule has 0 bridgehead atoms. The van der Waals surface area contributed by atoms with Crippen LogP contribution in [0.4, 0.5) is 0 Å². The van der Waals surface area contributed by atoms with Gasteiger partial charge in [0.05, 0.1) is 0 Å². The monoisotopic (exact) mass is 269 g/mol. The van der Waals surface area contributed by atoms with Crippen molar-refractivity contribution in [2.24, 2.45) is 5.10 Å². The average molecular weight is 269 g/mol. The molecule has 0 radical (unpaired) electrons. The topological polar surface area (TPSA) is 90.8 Å². The van der Waals surface area contributed by atoms with E-state index in [0.29, 0.717) is 12.8 Å². The lowest BCUT2D eigenvalue weighted by Gasteiger charge is -2.02. The fraction of sp³-hybridized carbons (Fsp3) is 0.769. The first-order chi connectivity index (χ1) is 9.22. The van der Waals surface area contributed by atoms with Crippen molar-refractivity contribution in [3.05, 3.63) is 0 Å². The molecule has 1 aliphatic carbocycles. The first-order valence-corrected chi connectivity index (χ1v) is 6.99. The summed E-state index contributed by atoms with van der Waals surface area (Å²) < 4.78 is 0. The molecular weight excluding hydrogens is 246 g/mol. The number of nitrogens with zero attached hydrogens (tertiary/aromatic N) is 1. The third-order valence-corrected chi connectivity index (χ3v) is 3.20. The van der Waals surface area contributed by atoms with Crippen LogP contribution >= 0.6 is 0 Å². The Morgan fingerprint density at radius 2 is 1.58 bits per heavy atom. The second-order valence-electron chi connectivity index (χ2n) is 4.87. The van der Waals surface area contributed by atoms with Crippen LogP contribution in [0, 0.1) is 0 Å². The number of carbonyl (C=O) groups is 2. The van der Waals surface area contributed by atoms with Gasteiger partial charge in [0.1, 0.15) is 0 Å². The van der Waals surface area contributed by atoms with Gasteiger partial charge in [-0.1, -0.05) is 12.8 Å². The Morgan fingerprint density at radius 3 is 2.16 bits per heavy atom. The Kier molecular flexibility index (Phi) is 7.81. The molecule has 2 amide bonds. The summed E-state index contributed by atoms with van der Waals surface area (Å²) in [5.74, 6) is -0.391. The van der Waals surface area contributed by atoms with E-state index in [0.717, 1.165) is 44.2 Å². The molecule has 0 aromatic rings. The average Bonchev–Trinajstić information content (AvgIpc) is 2.93. The predicted molar refractivity (Wildman–Crippen MR) is 71.7 cm³/mol. The third-order valence-electron chi connectivity index (χ3n) is 3.20. The number of hydrogen-bond donors (Lipinski definition) is 3. The van der Waals surface area contributed by atoms with Crippen LogP contribution in [0.3, 0.4) is 0 Å². The molecule has 1 rings (SSSR count). The van der Waals surface area contributed by atoms with E-state index in [1.165, 1.54) is 12.8 Å². The number of hydrogen-bond acceptors (Lipinski definition) is 4. The van der Waals surface area contributed by atoms with Crippen LogP contribution < -0.4 is 10.9 Å². The number of unbranched alkanes of at least 4 members (excludes halogenated alkanes) is 3. The van der Waals surface area contributed by atoms with Crippen molar-refractivity contribution in [3.63, 3.8) is 0 Å². The van der Waals surface area contributed by atoms with Gasteiger partial charge in [-0.25, -0.2) is 10.9 Å². The lowest BCUT2D eigenvalue weighted by atomic mass is 10.1.